The molecule has 1 heterocycles. The molecule has 0 aromatic heterocycles. The van der Waals surface area contributed by atoms with Crippen molar-refractivity contribution >= 4 is 23.5 Å². The Hall–Kier alpha value is -2.34. The maximum absolute atomic E-state index is 12.8. The summed E-state index contributed by atoms with van der Waals surface area (Å²) in [6.45, 7) is 6.46. The van der Waals surface area contributed by atoms with Crippen LogP contribution in [0, 0.1) is 0 Å². The highest BCUT2D eigenvalue weighted by molar-refractivity contribution is 6.32. The van der Waals surface area contributed by atoms with Gasteiger partial charge in [0.05, 0.1) is 19.3 Å². The number of ether oxygens (including phenoxy) is 2. The molecule has 0 aliphatic carbocycles. The normalized spacial score (nSPS) is 15.1. The van der Waals surface area contributed by atoms with Crippen LogP contribution in [0.5, 0.6) is 11.5 Å². The Morgan fingerprint density at radius 3 is 2.55 bits per heavy atom. The first-order chi connectivity index (χ1) is 16.1. The van der Waals surface area contributed by atoms with Crippen LogP contribution in [-0.4, -0.2) is 69.1 Å². The third-order valence-electron chi connectivity index (χ3n) is 6.00. The summed E-state index contributed by atoms with van der Waals surface area (Å²) in [4.78, 5) is 17.8. The van der Waals surface area contributed by atoms with Gasteiger partial charge in [-0.15, -0.1) is 0 Å². The average Bonchev–Trinajstić information content (AvgIpc) is 2.83. The summed E-state index contributed by atoms with van der Waals surface area (Å²) in [5.74, 6) is 1.10. The van der Waals surface area contributed by atoms with Crippen LogP contribution in [0.4, 0.5) is 0 Å². The van der Waals surface area contributed by atoms with Gasteiger partial charge in [-0.25, -0.2) is 0 Å². The first-order valence-corrected chi connectivity index (χ1v) is 12.1. The lowest BCUT2D eigenvalue weighted by Gasteiger charge is -2.32. The molecule has 5 nitrogen and oxygen atoms in total. The minimum absolute atomic E-state index is 0.125. The summed E-state index contributed by atoms with van der Waals surface area (Å²) in [7, 11) is 3.80. The Kier molecular flexibility index (Phi) is 10.3. The van der Waals surface area contributed by atoms with Gasteiger partial charge in [0.25, 0.3) is 0 Å². The first kappa shape index (κ1) is 25.3. The molecular formula is C27H35ClN2O3. The van der Waals surface area contributed by atoms with Gasteiger partial charge in [-0.05, 0) is 62.3 Å². The van der Waals surface area contributed by atoms with Crippen LogP contribution < -0.4 is 9.47 Å². The van der Waals surface area contributed by atoms with Crippen LogP contribution >= 0.6 is 11.6 Å². The summed E-state index contributed by atoms with van der Waals surface area (Å²) in [6, 6.07) is 12.8. The standard InChI is InChI=1S/C27H35ClN2O3/c1-29-16-18-30(19-17-29)15-7-3-4-8-20-33-27-21-23(32-2)12-13-24(27)26(31)14-11-22-9-5-6-10-25(22)28/h5-6,9-14,21H,3-4,7-8,15-20H2,1-2H3. The zero-order chi connectivity index (χ0) is 23.5. The maximum Gasteiger partial charge on any atom is 0.189 e. The smallest absolute Gasteiger partial charge is 0.189 e. The van der Waals surface area contributed by atoms with Crippen molar-refractivity contribution in [3.8, 4) is 11.5 Å². The number of methoxy groups -OCH3 is 1. The predicted octanol–water partition coefficient (Wildman–Crippen LogP) is 5.43. The molecule has 0 saturated carbocycles. The van der Waals surface area contributed by atoms with Crippen LogP contribution in [0.25, 0.3) is 6.08 Å². The molecule has 33 heavy (non-hydrogen) atoms. The Bertz CT molecular complexity index is 923. The van der Waals surface area contributed by atoms with Crippen LogP contribution in [-0.2, 0) is 0 Å². The van der Waals surface area contributed by atoms with Gasteiger partial charge in [0.2, 0.25) is 0 Å². The van der Waals surface area contributed by atoms with E-state index in [0.717, 1.165) is 18.4 Å². The van der Waals surface area contributed by atoms with E-state index in [4.69, 9.17) is 21.1 Å². The van der Waals surface area contributed by atoms with Gasteiger partial charge >= 0.3 is 0 Å². The number of likely N-dealkylation sites (N-methyl/N-ethyl adjacent to an activating group) is 1. The number of carbonyl (C=O) groups is 1. The van der Waals surface area contributed by atoms with Crippen molar-refractivity contribution in [2.75, 3.05) is 53.5 Å². The fraction of sp³-hybridized carbons (Fsp3) is 0.444. The van der Waals surface area contributed by atoms with E-state index in [0.29, 0.717) is 28.7 Å². The second-order valence-electron chi connectivity index (χ2n) is 8.49. The van der Waals surface area contributed by atoms with Crippen LogP contribution in [0.2, 0.25) is 5.02 Å². The highest BCUT2D eigenvalue weighted by Crippen LogP contribution is 2.26. The van der Waals surface area contributed by atoms with Gasteiger partial charge in [0.1, 0.15) is 11.5 Å². The topological polar surface area (TPSA) is 42.0 Å². The zero-order valence-corrected chi connectivity index (χ0v) is 20.5. The van der Waals surface area contributed by atoms with Gasteiger partial charge < -0.3 is 19.3 Å². The van der Waals surface area contributed by atoms with E-state index in [1.807, 2.05) is 18.2 Å². The molecule has 2 aromatic carbocycles. The molecule has 1 saturated heterocycles. The molecule has 0 atom stereocenters. The molecule has 0 bridgehead atoms. The van der Waals surface area contributed by atoms with E-state index < -0.39 is 0 Å². The molecule has 1 aliphatic rings. The van der Waals surface area contributed by atoms with Crippen molar-refractivity contribution in [3.05, 3.63) is 64.7 Å². The lowest BCUT2D eigenvalue weighted by molar-refractivity contribution is 0.104. The lowest BCUT2D eigenvalue weighted by atomic mass is 10.1. The first-order valence-electron chi connectivity index (χ1n) is 11.8. The lowest BCUT2D eigenvalue weighted by Crippen LogP contribution is -2.44. The minimum atomic E-state index is -0.125. The second kappa shape index (κ2) is 13.4. The molecule has 0 spiro atoms. The average molecular weight is 471 g/mol. The van der Waals surface area contributed by atoms with E-state index >= 15 is 0 Å². The molecule has 1 aliphatic heterocycles. The molecule has 0 radical (unpaired) electrons. The Labute approximate surface area is 202 Å². The van der Waals surface area contributed by atoms with E-state index in [1.54, 1.807) is 37.5 Å². The van der Waals surface area contributed by atoms with Crippen molar-refractivity contribution in [2.45, 2.75) is 25.7 Å². The van der Waals surface area contributed by atoms with Crippen LogP contribution in [0.1, 0.15) is 41.6 Å². The number of nitrogens with zero attached hydrogens (tertiary/aromatic N) is 2. The fourth-order valence-corrected chi connectivity index (χ4v) is 4.06. The predicted molar refractivity (Wildman–Crippen MR) is 136 cm³/mol. The van der Waals surface area contributed by atoms with Crippen LogP contribution in [0.15, 0.2) is 48.5 Å². The van der Waals surface area contributed by atoms with E-state index in [9.17, 15) is 4.79 Å². The zero-order valence-electron chi connectivity index (χ0n) is 19.8. The molecular weight excluding hydrogens is 436 g/mol. The monoisotopic (exact) mass is 470 g/mol. The van der Waals surface area contributed by atoms with Gasteiger partial charge in [-0.2, -0.15) is 0 Å². The summed E-state index contributed by atoms with van der Waals surface area (Å²) in [6.07, 6.45) is 7.77. The van der Waals surface area contributed by atoms with Crippen molar-refractivity contribution in [1.82, 2.24) is 9.80 Å². The number of hydrogen-bond acceptors (Lipinski definition) is 5. The maximum atomic E-state index is 12.8. The molecule has 1 fully saturated rings. The number of carbonyl (C=O) groups excluding carboxylic acids is 1. The van der Waals surface area contributed by atoms with Gasteiger partial charge in [-0.3, -0.25) is 4.79 Å². The summed E-state index contributed by atoms with van der Waals surface area (Å²) >= 11 is 6.19. The highest BCUT2D eigenvalue weighted by atomic mass is 35.5. The van der Waals surface area contributed by atoms with Crippen molar-refractivity contribution in [1.29, 1.82) is 0 Å². The molecule has 0 N–H and O–H groups in total. The molecule has 0 unspecified atom stereocenters. The fourth-order valence-electron chi connectivity index (χ4n) is 3.86. The Balaban J connectivity index is 1.47. The molecule has 2 aromatic rings. The van der Waals surface area contributed by atoms with E-state index in [-0.39, 0.29) is 5.78 Å². The van der Waals surface area contributed by atoms with Crippen molar-refractivity contribution in [3.63, 3.8) is 0 Å². The SMILES string of the molecule is COc1ccc(C(=O)C=Cc2ccccc2Cl)c(OCCCCCCN2CCN(C)CC2)c1. The number of piperazine rings is 1. The van der Waals surface area contributed by atoms with E-state index in [2.05, 4.69) is 16.8 Å². The molecule has 0 amide bonds. The van der Waals surface area contributed by atoms with Gasteiger partial charge in [0, 0.05) is 37.3 Å². The van der Waals surface area contributed by atoms with Gasteiger partial charge in [0.15, 0.2) is 5.78 Å². The van der Waals surface area contributed by atoms with Crippen molar-refractivity contribution in [2.24, 2.45) is 0 Å². The van der Waals surface area contributed by atoms with Gasteiger partial charge in [-0.1, -0.05) is 42.6 Å². The molecule has 6 heteroatoms. The Morgan fingerprint density at radius 2 is 1.79 bits per heavy atom. The molecule has 3 rings (SSSR count). The largest absolute Gasteiger partial charge is 0.497 e. The van der Waals surface area contributed by atoms with E-state index in [1.165, 1.54) is 51.6 Å². The highest BCUT2D eigenvalue weighted by Gasteiger charge is 2.14. The number of ketones is 1. The summed E-state index contributed by atoms with van der Waals surface area (Å²) in [5.41, 5.74) is 1.33. The number of unbranched alkanes of at least 4 members (excludes halogenated alkanes) is 3. The quantitative estimate of drug-likeness (QED) is 0.235. The summed E-state index contributed by atoms with van der Waals surface area (Å²) in [5, 5.41) is 0.611. The minimum Gasteiger partial charge on any atom is -0.497 e. The number of rotatable bonds is 12. The number of hydrogen-bond donors (Lipinski definition) is 0. The Morgan fingerprint density at radius 1 is 1.03 bits per heavy atom. The third-order valence-corrected chi connectivity index (χ3v) is 6.34. The number of halogens is 1. The van der Waals surface area contributed by atoms with Crippen LogP contribution in [0.3, 0.4) is 0 Å². The molecule has 178 valence electrons. The second-order valence-corrected chi connectivity index (χ2v) is 8.90. The van der Waals surface area contributed by atoms with Crippen molar-refractivity contribution < 1.29 is 14.3 Å². The number of benzene rings is 2. The summed E-state index contributed by atoms with van der Waals surface area (Å²) < 4.78 is 11.3. The third kappa shape index (κ3) is 8.18. The number of allylic oxidation sites excluding steroid dienone is 1.